The molecular formula is C19H16FN3O3. The number of fused-ring (bicyclic) bond motifs is 1. The molecule has 1 aromatic carbocycles. The Kier molecular flexibility index (Phi) is 5.38. The molecule has 0 aliphatic rings. The Labute approximate surface area is 149 Å². The van der Waals surface area contributed by atoms with Crippen molar-refractivity contribution in [2.24, 2.45) is 0 Å². The lowest BCUT2D eigenvalue weighted by Crippen LogP contribution is -2.25. The van der Waals surface area contributed by atoms with Gasteiger partial charge in [0.15, 0.2) is 0 Å². The number of nitrogens with zero attached hydrogens (tertiary/aromatic N) is 2. The zero-order valence-corrected chi connectivity index (χ0v) is 13.7. The molecule has 3 aromatic rings. The number of rotatable bonds is 6. The number of nitrogens with one attached hydrogen (secondary N) is 1. The van der Waals surface area contributed by atoms with E-state index in [1.54, 1.807) is 24.5 Å². The van der Waals surface area contributed by atoms with Crippen LogP contribution < -0.4 is 10.1 Å². The van der Waals surface area contributed by atoms with Crippen molar-refractivity contribution in [2.45, 2.75) is 0 Å². The third kappa shape index (κ3) is 4.32. The Morgan fingerprint density at radius 2 is 2.00 bits per heavy atom. The van der Waals surface area contributed by atoms with Crippen LogP contribution in [0.5, 0.6) is 5.75 Å². The molecule has 3 rings (SSSR count). The summed E-state index contributed by atoms with van der Waals surface area (Å²) >= 11 is 0. The maximum absolute atomic E-state index is 12.8. The first-order chi connectivity index (χ1) is 12.7. The van der Waals surface area contributed by atoms with Gasteiger partial charge in [0.25, 0.3) is 0 Å². The quantitative estimate of drug-likeness (QED) is 0.704. The minimum absolute atomic E-state index is 0.0508. The van der Waals surface area contributed by atoms with Gasteiger partial charge in [-0.2, -0.15) is 0 Å². The van der Waals surface area contributed by atoms with Crippen LogP contribution in [0.1, 0.15) is 0 Å². The monoisotopic (exact) mass is 353 g/mol. The van der Waals surface area contributed by atoms with Crippen LogP contribution in [0.15, 0.2) is 66.8 Å². The van der Waals surface area contributed by atoms with E-state index in [0.717, 1.165) is 22.2 Å². The molecule has 1 amide bonds. The number of ether oxygens (including phenoxy) is 1. The first kappa shape index (κ1) is 17.3. The smallest absolute Gasteiger partial charge is 0.404 e. The topological polar surface area (TPSA) is 84.3 Å². The lowest BCUT2D eigenvalue weighted by atomic mass is 10.1. The van der Waals surface area contributed by atoms with Gasteiger partial charge in [0, 0.05) is 35.5 Å². The molecule has 0 spiro atoms. The van der Waals surface area contributed by atoms with Crippen LogP contribution in [0, 0.1) is 0 Å². The molecule has 0 aliphatic heterocycles. The lowest BCUT2D eigenvalue weighted by Gasteiger charge is -2.10. The minimum atomic E-state index is -1.22. The van der Waals surface area contributed by atoms with Gasteiger partial charge in [-0.05, 0) is 36.4 Å². The molecule has 26 heavy (non-hydrogen) atoms. The molecule has 132 valence electrons. The Balaban J connectivity index is 1.72. The summed E-state index contributed by atoms with van der Waals surface area (Å²) < 4.78 is 18.3. The van der Waals surface area contributed by atoms with E-state index >= 15 is 0 Å². The van der Waals surface area contributed by atoms with E-state index in [1.165, 1.54) is 0 Å². The van der Waals surface area contributed by atoms with Gasteiger partial charge in [-0.3, -0.25) is 4.98 Å². The number of carbonyl (C=O) groups is 1. The number of aromatic nitrogens is 2. The predicted octanol–water partition coefficient (Wildman–Crippen LogP) is 3.80. The third-order valence-electron chi connectivity index (χ3n) is 3.68. The highest BCUT2D eigenvalue weighted by Crippen LogP contribution is 2.24. The Hall–Kier alpha value is -3.48. The number of amides is 1. The molecule has 0 saturated heterocycles. The first-order valence-electron chi connectivity index (χ1n) is 7.84. The standard InChI is InChI=1S/C19H16FN3O3/c20-10-13(11-22-19(24)25)12-26-16-2-4-18-15(9-16)1-3-17(23-18)14-5-7-21-8-6-14/h1-10,22H,11-12H2,(H,24,25)/b13-10+. The molecule has 0 fully saturated rings. The van der Waals surface area contributed by atoms with Crippen LogP contribution in [-0.4, -0.2) is 34.3 Å². The van der Waals surface area contributed by atoms with Gasteiger partial charge in [-0.1, -0.05) is 6.07 Å². The summed E-state index contributed by atoms with van der Waals surface area (Å²) in [6.45, 7) is -0.179. The maximum atomic E-state index is 12.8. The van der Waals surface area contributed by atoms with E-state index in [1.807, 2.05) is 30.3 Å². The second-order valence-electron chi connectivity index (χ2n) is 5.50. The first-order valence-corrected chi connectivity index (χ1v) is 7.84. The van der Waals surface area contributed by atoms with Crippen LogP contribution in [0.2, 0.25) is 0 Å². The van der Waals surface area contributed by atoms with Crippen LogP contribution in [0.4, 0.5) is 9.18 Å². The summed E-state index contributed by atoms with van der Waals surface area (Å²) in [5.41, 5.74) is 2.82. The van der Waals surface area contributed by atoms with Gasteiger partial charge in [0.2, 0.25) is 0 Å². The minimum Gasteiger partial charge on any atom is -0.489 e. The molecule has 0 bridgehead atoms. The largest absolute Gasteiger partial charge is 0.489 e. The van der Waals surface area contributed by atoms with E-state index in [0.29, 0.717) is 12.1 Å². The fourth-order valence-corrected chi connectivity index (χ4v) is 2.36. The van der Waals surface area contributed by atoms with Crippen molar-refractivity contribution >= 4 is 17.0 Å². The van der Waals surface area contributed by atoms with E-state index in [-0.39, 0.29) is 18.7 Å². The lowest BCUT2D eigenvalue weighted by molar-refractivity contribution is 0.195. The number of hydrogen-bond donors (Lipinski definition) is 2. The van der Waals surface area contributed by atoms with Gasteiger partial charge in [0.1, 0.15) is 12.4 Å². The second kappa shape index (κ2) is 8.06. The van der Waals surface area contributed by atoms with Crippen molar-refractivity contribution in [2.75, 3.05) is 13.2 Å². The number of halogens is 1. The Morgan fingerprint density at radius 1 is 1.19 bits per heavy atom. The summed E-state index contributed by atoms with van der Waals surface area (Å²) in [5.74, 6) is 0.547. The molecule has 2 heterocycles. The maximum Gasteiger partial charge on any atom is 0.404 e. The molecule has 0 aliphatic carbocycles. The summed E-state index contributed by atoms with van der Waals surface area (Å²) in [6.07, 6.45) is 2.56. The van der Waals surface area contributed by atoms with Gasteiger partial charge < -0.3 is 15.2 Å². The fraction of sp³-hybridized carbons (Fsp3) is 0.105. The van der Waals surface area contributed by atoms with Crippen LogP contribution >= 0.6 is 0 Å². The zero-order chi connectivity index (χ0) is 18.4. The van der Waals surface area contributed by atoms with E-state index < -0.39 is 6.09 Å². The average Bonchev–Trinajstić information content (AvgIpc) is 2.68. The summed E-state index contributed by atoms with van der Waals surface area (Å²) in [4.78, 5) is 19.1. The fourth-order valence-electron chi connectivity index (χ4n) is 2.36. The molecule has 0 unspecified atom stereocenters. The third-order valence-corrected chi connectivity index (χ3v) is 3.68. The highest BCUT2D eigenvalue weighted by molar-refractivity contribution is 5.82. The summed E-state index contributed by atoms with van der Waals surface area (Å²) in [7, 11) is 0. The highest BCUT2D eigenvalue weighted by Gasteiger charge is 2.05. The predicted molar refractivity (Wildman–Crippen MR) is 95.7 cm³/mol. The van der Waals surface area contributed by atoms with Crippen molar-refractivity contribution in [3.63, 3.8) is 0 Å². The Bertz CT molecular complexity index is 945. The van der Waals surface area contributed by atoms with Gasteiger partial charge in [-0.15, -0.1) is 0 Å². The van der Waals surface area contributed by atoms with Crippen molar-refractivity contribution in [3.05, 3.63) is 66.8 Å². The van der Waals surface area contributed by atoms with Crippen LogP contribution in [-0.2, 0) is 0 Å². The van der Waals surface area contributed by atoms with Gasteiger partial charge in [0.05, 0.1) is 17.5 Å². The molecule has 0 radical (unpaired) electrons. The molecule has 7 heteroatoms. The highest BCUT2D eigenvalue weighted by atomic mass is 19.1. The van der Waals surface area contributed by atoms with Crippen molar-refractivity contribution in [1.29, 1.82) is 0 Å². The van der Waals surface area contributed by atoms with Crippen molar-refractivity contribution in [3.8, 4) is 17.0 Å². The zero-order valence-electron chi connectivity index (χ0n) is 13.7. The number of benzene rings is 1. The molecule has 2 aromatic heterocycles. The van der Waals surface area contributed by atoms with E-state index in [9.17, 15) is 9.18 Å². The summed E-state index contributed by atoms with van der Waals surface area (Å²) in [6, 6.07) is 13.0. The Morgan fingerprint density at radius 3 is 2.73 bits per heavy atom. The van der Waals surface area contributed by atoms with E-state index in [4.69, 9.17) is 9.84 Å². The second-order valence-corrected chi connectivity index (χ2v) is 5.50. The number of pyridine rings is 2. The van der Waals surface area contributed by atoms with Gasteiger partial charge in [-0.25, -0.2) is 14.2 Å². The molecular weight excluding hydrogens is 337 g/mol. The van der Waals surface area contributed by atoms with E-state index in [2.05, 4.69) is 15.3 Å². The van der Waals surface area contributed by atoms with Crippen LogP contribution in [0.3, 0.4) is 0 Å². The normalized spacial score (nSPS) is 11.3. The molecule has 6 nitrogen and oxygen atoms in total. The molecule has 0 saturated carbocycles. The average molecular weight is 353 g/mol. The SMILES string of the molecule is O=C(O)NC/C(=C\F)COc1ccc2nc(-c3ccncc3)ccc2c1. The molecule has 2 N–H and O–H groups in total. The molecule has 0 atom stereocenters. The van der Waals surface area contributed by atoms with Crippen molar-refractivity contribution < 1.29 is 19.0 Å². The summed E-state index contributed by atoms with van der Waals surface area (Å²) in [5, 5.41) is 11.5. The van der Waals surface area contributed by atoms with Gasteiger partial charge >= 0.3 is 6.09 Å². The number of carboxylic acid groups (broad SMARTS) is 1. The van der Waals surface area contributed by atoms with Crippen molar-refractivity contribution in [1.82, 2.24) is 15.3 Å². The van der Waals surface area contributed by atoms with Crippen LogP contribution in [0.25, 0.3) is 22.2 Å². The number of hydrogen-bond acceptors (Lipinski definition) is 4.